The highest BCUT2D eigenvalue weighted by Gasteiger charge is 2.15. The van der Waals surface area contributed by atoms with Crippen molar-refractivity contribution >= 4 is 11.6 Å². The quantitative estimate of drug-likeness (QED) is 0.518. The molecule has 0 aromatic heterocycles. The standard InChI is InChI=1S/C13H19N3O3/c14-10(7-17)6-15-4-3-9-1-2-12-11(5-9)16-13(18)8-19-12/h1-2,5,10,15,17H,3-4,6-8,14H2,(H,16,18). The van der Waals surface area contributed by atoms with Gasteiger partial charge in [0.25, 0.3) is 5.91 Å². The van der Waals surface area contributed by atoms with Crippen molar-refractivity contribution in [1.29, 1.82) is 0 Å². The number of amides is 1. The van der Waals surface area contributed by atoms with Crippen LogP contribution in [0.4, 0.5) is 5.69 Å². The van der Waals surface area contributed by atoms with Crippen molar-refractivity contribution in [2.45, 2.75) is 12.5 Å². The van der Waals surface area contributed by atoms with Gasteiger partial charge in [-0.15, -0.1) is 0 Å². The lowest BCUT2D eigenvalue weighted by atomic mass is 10.1. The van der Waals surface area contributed by atoms with E-state index in [9.17, 15) is 4.79 Å². The first-order chi connectivity index (χ1) is 9.19. The van der Waals surface area contributed by atoms with Crippen molar-refractivity contribution in [2.24, 2.45) is 5.73 Å². The number of carbonyl (C=O) groups is 1. The van der Waals surface area contributed by atoms with E-state index in [2.05, 4.69) is 10.6 Å². The number of benzene rings is 1. The highest BCUT2D eigenvalue weighted by molar-refractivity contribution is 5.95. The summed E-state index contributed by atoms with van der Waals surface area (Å²) in [6.07, 6.45) is 0.821. The zero-order valence-electron chi connectivity index (χ0n) is 10.7. The van der Waals surface area contributed by atoms with Crippen molar-refractivity contribution < 1.29 is 14.6 Å². The minimum Gasteiger partial charge on any atom is -0.482 e. The van der Waals surface area contributed by atoms with Crippen LogP contribution in [-0.2, 0) is 11.2 Å². The third-order valence-corrected chi connectivity index (χ3v) is 2.91. The van der Waals surface area contributed by atoms with E-state index in [1.807, 2.05) is 18.2 Å². The maximum atomic E-state index is 11.2. The number of rotatable bonds is 6. The van der Waals surface area contributed by atoms with Crippen LogP contribution in [0.2, 0.25) is 0 Å². The van der Waals surface area contributed by atoms with Crippen LogP contribution in [0.1, 0.15) is 5.56 Å². The summed E-state index contributed by atoms with van der Waals surface area (Å²) in [6.45, 7) is 1.41. The molecular weight excluding hydrogens is 246 g/mol. The van der Waals surface area contributed by atoms with E-state index < -0.39 is 0 Å². The van der Waals surface area contributed by atoms with Crippen LogP contribution in [0.15, 0.2) is 18.2 Å². The second kappa shape index (κ2) is 6.51. The number of anilines is 1. The molecule has 1 aromatic rings. The lowest BCUT2D eigenvalue weighted by Crippen LogP contribution is -2.37. The van der Waals surface area contributed by atoms with Crippen LogP contribution < -0.4 is 21.1 Å². The SMILES string of the molecule is NC(CO)CNCCc1ccc2c(c1)NC(=O)CO2. The van der Waals surface area contributed by atoms with E-state index in [1.54, 1.807) is 0 Å². The zero-order chi connectivity index (χ0) is 13.7. The molecular formula is C13H19N3O3. The summed E-state index contributed by atoms with van der Waals surface area (Å²) in [5.74, 6) is 0.579. The van der Waals surface area contributed by atoms with Gasteiger partial charge in [0.05, 0.1) is 12.3 Å². The normalized spacial score (nSPS) is 15.4. The summed E-state index contributed by atoms with van der Waals surface area (Å²) in [7, 11) is 0. The highest BCUT2D eigenvalue weighted by atomic mass is 16.5. The van der Waals surface area contributed by atoms with E-state index >= 15 is 0 Å². The van der Waals surface area contributed by atoms with Crippen LogP contribution in [0.25, 0.3) is 0 Å². The molecule has 0 spiro atoms. The molecule has 0 saturated carbocycles. The van der Waals surface area contributed by atoms with Crippen LogP contribution in [0, 0.1) is 0 Å². The van der Waals surface area contributed by atoms with E-state index in [0.717, 1.165) is 24.2 Å². The molecule has 104 valence electrons. The lowest BCUT2D eigenvalue weighted by Gasteiger charge is -2.18. The Morgan fingerprint density at radius 3 is 3.16 bits per heavy atom. The van der Waals surface area contributed by atoms with Gasteiger partial charge >= 0.3 is 0 Å². The molecule has 5 N–H and O–H groups in total. The van der Waals surface area contributed by atoms with E-state index in [4.69, 9.17) is 15.6 Å². The van der Waals surface area contributed by atoms with Gasteiger partial charge in [0.2, 0.25) is 0 Å². The van der Waals surface area contributed by atoms with Gasteiger partial charge in [-0.1, -0.05) is 6.07 Å². The maximum absolute atomic E-state index is 11.2. The molecule has 1 aromatic carbocycles. The Kier molecular flexibility index (Phi) is 4.73. The van der Waals surface area contributed by atoms with Crippen molar-refractivity contribution in [3.05, 3.63) is 23.8 Å². The third-order valence-electron chi connectivity index (χ3n) is 2.91. The van der Waals surface area contributed by atoms with Gasteiger partial charge in [0.1, 0.15) is 5.75 Å². The van der Waals surface area contributed by atoms with Gasteiger partial charge in [-0.05, 0) is 30.7 Å². The Morgan fingerprint density at radius 2 is 2.37 bits per heavy atom. The van der Waals surface area contributed by atoms with Crippen molar-refractivity contribution in [2.75, 3.05) is 31.6 Å². The molecule has 6 nitrogen and oxygen atoms in total. The summed E-state index contributed by atoms with van der Waals surface area (Å²) in [6, 6.07) is 5.53. The molecule has 1 amide bonds. The van der Waals surface area contributed by atoms with Crippen LogP contribution >= 0.6 is 0 Å². The molecule has 0 aliphatic carbocycles. The first kappa shape index (κ1) is 13.8. The molecule has 0 radical (unpaired) electrons. The second-order valence-corrected chi connectivity index (χ2v) is 4.56. The van der Waals surface area contributed by atoms with Crippen molar-refractivity contribution in [3.63, 3.8) is 0 Å². The number of ether oxygens (including phenoxy) is 1. The Labute approximate surface area is 111 Å². The first-order valence-corrected chi connectivity index (χ1v) is 6.32. The minimum absolute atomic E-state index is 0.0186. The topological polar surface area (TPSA) is 96.6 Å². The highest BCUT2D eigenvalue weighted by Crippen LogP contribution is 2.28. The van der Waals surface area contributed by atoms with Gasteiger partial charge in [0, 0.05) is 12.6 Å². The molecule has 0 fully saturated rings. The number of carbonyl (C=O) groups excluding carboxylic acids is 1. The number of hydrogen-bond donors (Lipinski definition) is 4. The molecule has 1 atom stereocenters. The molecule has 0 bridgehead atoms. The van der Waals surface area contributed by atoms with Crippen LogP contribution in [0.5, 0.6) is 5.75 Å². The van der Waals surface area contributed by atoms with Crippen molar-refractivity contribution in [3.8, 4) is 5.75 Å². The predicted molar refractivity (Wildman–Crippen MR) is 72.2 cm³/mol. The number of aliphatic hydroxyl groups excluding tert-OH is 1. The fourth-order valence-corrected chi connectivity index (χ4v) is 1.87. The van der Waals surface area contributed by atoms with Gasteiger partial charge in [-0.25, -0.2) is 0 Å². The zero-order valence-corrected chi connectivity index (χ0v) is 10.7. The Balaban J connectivity index is 1.84. The van der Waals surface area contributed by atoms with Crippen molar-refractivity contribution in [1.82, 2.24) is 5.32 Å². The molecule has 1 aliphatic heterocycles. The van der Waals surface area contributed by atoms with Gasteiger partial charge in [-0.2, -0.15) is 0 Å². The predicted octanol–water partition coefficient (Wildman–Crippen LogP) is -0.531. The first-order valence-electron chi connectivity index (χ1n) is 6.32. The number of hydrogen-bond acceptors (Lipinski definition) is 5. The third kappa shape index (κ3) is 3.92. The number of aliphatic hydroxyl groups is 1. The fourth-order valence-electron chi connectivity index (χ4n) is 1.87. The van der Waals surface area contributed by atoms with Gasteiger partial charge < -0.3 is 26.2 Å². The molecule has 1 aliphatic rings. The largest absolute Gasteiger partial charge is 0.482 e. The summed E-state index contributed by atoms with van der Waals surface area (Å²) in [5, 5.41) is 14.7. The summed E-state index contributed by atoms with van der Waals surface area (Å²) in [5.41, 5.74) is 7.41. The average Bonchev–Trinajstić information content (AvgIpc) is 2.42. The molecule has 1 heterocycles. The lowest BCUT2D eigenvalue weighted by molar-refractivity contribution is -0.118. The van der Waals surface area contributed by atoms with Crippen LogP contribution in [0.3, 0.4) is 0 Å². The van der Waals surface area contributed by atoms with Gasteiger partial charge in [0.15, 0.2) is 6.61 Å². The summed E-state index contributed by atoms with van der Waals surface area (Å²) < 4.78 is 5.29. The molecule has 0 saturated heterocycles. The molecule has 6 heteroatoms. The van der Waals surface area contributed by atoms with Gasteiger partial charge in [-0.3, -0.25) is 4.79 Å². The van der Waals surface area contributed by atoms with E-state index in [1.165, 1.54) is 0 Å². The Bertz CT molecular complexity index is 451. The van der Waals surface area contributed by atoms with E-state index in [0.29, 0.717) is 12.3 Å². The molecule has 1 unspecified atom stereocenters. The Morgan fingerprint density at radius 1 is 1.53 bits per heavy atom. The smallest absolute Gasteiger partial charge is 0.262 e. The number of nitrogens with one attached hydrogen (secondary N) is 2. The number of fused-ring (bicyclic) bond motifs is 1. The average molecular weight is 265 g/mol. The molecule has 2 rings (SSSR count). The maximum Gasteiger partial charge on any atom is 0.262 e. The fraction of sp³-hybridized carbons (Fsp3) is 0.462. The second-order valence-electron chi connectivity index (χ2n) is 4.56. The molecule has 19 heavy (non-hydrogen) atoms. The summed E-state index contributed by atoms with van der Waals surface area (Å²) >= 11 is 0. The monoisotopic (exact) mass is 265 g/mol. The Hall–Kier alpha value is -1.63. The van der Waals surface area contributed by atoms with Crippen LogP contribution in [-0.4, -0.2) is 43.4 Å². The van der Waals surface area contributed by atoms with E-state index in [-0.39, 0.29) is 25.2 Å². The minimum atomic E-state index is -0.226. The summed E-state index contributed by atoms with van der Waals surface area (Å²) in [4.78, 5) is 11.2. The number of nitrogens with two attached hydrogens (primary N) is 1.